The summed E-state index contributed by atoms with van der Waals surface area (Å²) in [5, 5.41) is 54.7. The Labute approximate surface area is 148 Å². The molecule has 0 aromatic heterocycles. The molecule has 2 bridgehead atoms. The van der Waals surface area contributed by atoms with Crippen LogP contribution in [0, 0.1) is 34.5 Å². The highest BCUT2D eigenvalue weighted by Crippen LogP contribution is 2.72. The number of aliphatic hydroxyl groups is 5. The molecule has 5 N–H and O–H groups in total. The highest BCUT2D eigenvalue weighted by Gasteiger charge is 2.75. The van der Waals surface area contributed by atoms with Crippen molar-refractivity contribution in [3.63, 3.8) is 0 Å². The zero-order valence-corrected chi connectivity index (χ0v) is 15.3. The van der Waals surface area contributed by atoms with Crippen molar-refractivity contribution < 1.29 is 25.5 Å². The lowest BCUT2D eigenvalue weighted by molar-refractivity contribution is -0.215. The molecule has 1 spiro atoms. The predicted octanol–water partition coefficient (Wildman–Crippen LogP) is 0.607. The minimum Gasteiger partial charge on any atom is -0.392 e. The molecular weight excluding hydrogens is 320 g/mol. The lowest BCUT2D eigenvalue weighted by Crippen LogP contribution is -2.66. The Kier molecular flexibility index (Phi) is 3.51. The van der Waals surface area contributed by atoms with Gasteiger partial charge in [0.15, 0.2) is 0 Å². The lowest BCUT2D eigenvalue weighted by atomic mass is 9.58. The molecule has 0 saturated heterocycles. The van der Waals surface area contributed by atoms with Gasteiger partial charge in [-0.05, 0) is 47.7 Å². The third-order valence-corrected chi connectivity index (χ3v) is 8.20. The van der Waals surface area contributed by atoms with E-state index in [0.717, 1.165) is 6.42 Å². The molecule has 140 valence electrons. The van der Waals surface area contributed by atoms with Gasteiger partial charge in [0.05, 0.1) is 18.1 Å². The fourth-order valence-corrected chi connectivity index (χ4v) is 6.74. The van der Waals surface area contributed by atoms with Crippen LogP contribution in [-0.4, -0.2) is 56.1 Å². The average molecular weight is 350 g/mol. The third-order valence-electron chi connectivity index (χ3n) is 8.20. The summed E-state index contributed by atoms with van der Waals surface area (Å²) in [7, 11) is 0. The lowest BCUT2D eigenvalue weighted by Gasteiger charge is -2.51. The Morgan fingerprint density at radius 3 is 2.40 bits per heavy atom. The van der Waals surface area contributed by atoms with Crippen LogP contribution >= 0.6 is 0 Å². The molecule has 2 saturated carbocycles. The zero-order valence-electron chi connectivity index (χ0n) is 15.3. The van der Waals surface area contributed by atoms with Crippen LogP contribution in [0.25, 0.3) is 0 Å². The van der Waals surface area contributed by atoms with Gasteiger partial charge in [0.25, 0.3) is 0 Å². The van der Waals surface area contributed by atoms with E-state index in [1.807, 2.05) is 6.92 Å². The molecule has 2 fully saturated rings. The Morgan fingerprint density at radius 1 is 1.16 bits per heavy atom. The van der Waals surface area contributed by atoms with Crippen molar-refractivity contribution in [1.82, 2.24) is 0 Å². The maximum Gasteiger partial charge on any atom is 0.136 e. The molecule has 25 heavy (non-hydrogen) atoms. The summed E-state index contributed by atoms with van der Waals surface area (Å²) < 4.78 is 0. The predicted molar refractivity (Wildman–Crippen MR) is 92.4 cm³/mol. The highest BCUT2D eigenvalue weighted by molar-refractivity contribution is 5.42. The summed E-state index contributed by atoms with van der Waals surface area (Å²) in [5.41, 5.74) is -2.11. The molecule has 0 aliphatic heterocycles. The molecule has 5 nitrogen and oxygen atoms in total. The first-order chi connectivity index (χ1) is 11.5. The van der Waals surface area contributed by atoms with Crippen LogP contribution < -0.4 is 0 Å². The maximum atomic E-state index is 11.6. The number of rotatable bonds is 1. The second-order valence-electron chi connectivity index (χ2n) is 9.46. The van der Waals surface area contributed by atoms with E-state index in [-0.39, 0.29) is 23.2 Å². The molecule has 1 unspecified atom stereocenters. The molecular formula is C20H30O5. The van der Waals surface area contributed by atoms with Crippen molar-refractivity contribution in [1.29, 1.82) is 0 Å². The standard InChI is InChI=1S/C20H30O5/c1-9-7-19-10(2)5-13-14(18(13,3)4)12(17(19)24)6-11(8-21)16(23)20(19,25)15(9)22/h6-7,10,12-17,21-25H,5,8H2,1-4H3/t10-,12+,13-,14+,15+,16+,17?,19+,20-/m1/s1. The Balaban J connectivity index is 1.98. The van der Waals surface area contributed by atoms with Gasteiger partial charge in [0.1, 0.15) is 17.8 Å². The number of hydrogen-bond donors (Lipinski definition) is 5. The molecule has 4 aliphatic rings. The van der Waals surface area contributed by atoms with E-state index in [9.17, 15) is 25.5 Å². The largest absolute Gasteiger partial charge is 0.392 e. The fraction of sp³-hybridized carbons (Fsp3) is 0.800. The summed E-state index contributed by atoms with van der Waals surface area (Å²) in [4.78, 5) is 0. The van der Waals surface area contributed by atoms with Crippen LogP contribution in [0.15, 0.2) is 23.3 Å². The first kappa shape index (κ1) is 17.7. The summed E-state index contributed by atoms with van der Waals surface area (Å²) in [5.74, 6) is 0.292. The van der Waals surface area contributed by atoms with Gasteiger partial charge in [0.2, 0.25) is 0 Å². The van der Waals surface area contributed by atoms with Gasteiger partial charge < -0.3 is 25.5 Å². The second-order valence-corrected chi connectivity index (χ2v) is 9.46. The van der Waals surface area contributed by atoms with Crippen LogP contribution in [0.3, 0.4) is 0 Å². The molecule has 4 aliphatic carbocycles. The van der Waals surface area contributed by atoms with E-state index < -0.39 is 35.9 Å². The first-order valence-corrected chi connectivity index (χ1v) is 9.32. The Bertz CT molecular complexity index is 667. The van der Waals surface area contributed by atoms with E-state index in [0.29, 0.717) is 17.1 Å². The van der Waals surface area contributed by atoms with E-state index in [2.05, 4.69) is 13.8 Å². The van der Waals surface area contributed by atoms with E-state index in [1.54, 1.807) is 19.1 Å². The van der Waals surface area contributed by atoms with E-state index in [4.69, 9.17) is 0 Å². The minimum absolute atomic E-state index is 0.0853. The molecule has 0 aromatic rings. The van der Waals surface area contributed by atoms with Gasteiger partial charge in [0, 0.05) is 5.92 Å². The summed E-state index contributed by atoms with van der Waals surface area (Å²) in [6.45, 7) is 7.72. The summed E-state index contributed by atoms with van der Waals surface area (Å²) >= 11 is 0. The maximum absolute atomic E-state index is 11.6. The summed E-state index contributed by atoms with van der Waals surface area (Å²) in [6.07, 6.45) is 0.801. The minimum atomic E-state index is -1.93. The second kappa shape index (κ2) is 4.96. The van der Waals surface area contributed by atoms with Gasteiger partial charge >= 0.3 is 0 Å². The summed E-state index contributed by atoms with van der Waals surface area (Å²) in [6, 6.07) is 0. The zero-order chi connectivity index (χ0) is 18.5. The average Bonchev–Trinajstić information content (AvgIpc) is 3.05. The third kappa shape index (κ3) is 1.77. The first-order valence-electron chi connectivity index (χ1n) is 9.32. The molecule has 4 rings (SSSR count). The fourth-order valence-electron chi connectivity index (χ4n) is 6.74. The number of aliphatic hydroxyl groups excluding tert-OH is 4. The Hall–Kier alpha value is -0.720. The normalized spacial score (nSPS) is 56.1. The van der Waals surface area contributed by atoms with Crippen molar-refractivity contribution in [2.75, 3.05) is 6.61 Å². The van der Waals surface area contributed by atoms with Crippen LogP contribution in [0.4, 0.5) is 0 Å². The van der Waals surface area contributed by atoms with Gasteiger partial charge in [-0.2, -0.15) is 0 Å². The Morgan fingerprint density at radius 2 is 1.80 bits per heavy atom. The van der Waals surface area contributed by atoms with E-state index >= 15 is 0 Å². The SMILES string of the molecule is CC1=C[C@]23C(O)[C@@H](C=C(CO)[C@H](O)[C@]2(O)[C@H]1O)[C@H]1[C@@H](C[C@H]3C)C1(C)C. The van der Waals surface area contributed by atoms with Gasteiger partial charge in [-0.1, -0.05) is 32.9 Å². The molecule has 0 aromatic carbocycles. The molecule has 0 amide bonds. The molecule has 9 atom stereocenters. The molecule has 5 heteroatoms. The smallest absolute Gasteiger partial charge is 0.136 e. The number of hydrogen-bond acceptors (Lipinski definition) is 5. The van der Waals surface area contributed by atoms with Crippen molar-refractivity contribution in [3.8, 4) is 0 Å². The monoisotopic (exact) mass is 350 g/mol. The molecule has 0 radical (unpaired) electrons. The quantitative estimate of drug-likeness (QED) is 0.446. The van der Waals surface area contributed by atoms with Crippen molar-refractivity contribution >= 4 is 0 Å². The van der Waals surface area contributed by atoms with Crippen LogP contribution in [0.2, 0.25) is 0 Å². The van der Waals surface area contributed by atoms with Crippen LogP contribution in [-0.2, 0) is 0 Å². The van der Waals surface area contributed by atoms with Gasteiger partial charge in [-0.15, -0.1) is 0 Å². The van der Waals surface area contributed by atoms with Crippen molar-refractivity contribution in [2.45, 2.75) is 58.0 Å². The van der Waals surface area contributed by atoms with E-state index in [1.165, 1.54) is 0 Å². The van der Waals surface area contributed by atoms with Crippen LogP contribution in [0.1, 0.15) is 34.1 Å². The van der Waals surface area contributed by atoms with Gasteiger partial charge in [-0.3, -0.25) is 0 Å². The van der Waals surface area contributed by atoms with Crippen molar-refractivity contribution in [2.24, 2.45) is 34.5 Å². The highest BCUT2D eigenvalue weighted by atomic mass is 16.4. The number of fused-ring (bicyclic) bond motifs is 3. The van der Waals surface area contributed by atoms with Gasteiger partial charge in [-0.25, -0.2) is 0 Å². The van der Waals surface area contributed by atoms with Crippen molar-refractivity contribution in [3.05, 3.63) is 23.3 Å². The molecule has 0 heterocycles. The topological polar surface area (TPSA) is 101 Å². The van der Waals surface area contributed by atoms with Crippen LogP contribution in [0.5, 0.6) is 0 Å².